The number of halogens is 1. The Morgan fingerprint density at radius 1 is 1.29 bits per heavy atom. The van der Waals surface area contributed by atoms with E-state index in [0.717, 1.165) is 24.3 Å². The second-order valence-electron chi connectivity index (χ2n) is 8.35. The lowest BCUT2D eigenvalue weighted by atomic mass is 9.79. The topological polar surface area (TPSA) is 63.2 Å². The molecule has 0 saturated heterocycles. The predicted molar refractivity (Wildman–Crippen MR) is 126 cm³/mol. The Kier molecular flexibility index (Phi) is 7.11. The monoisotopic (exact) mass is 443 g/mol. The van der Waals surface area contributed by atoms with Gasteiger partial charge in [-0.3, -0.25) is 4.79 Å². The zero-order chi connectivity index (χ0) is 22.6. The second-order valence-corrected chi connectivity index (χ2v) is 8.76. The van der Waals surface area contributed by atoms with Crippen LogP contribution in [0, 0.1) is 0 Å². The fourth-order valence-corrected chi connectivity index (χ4v) is 4.45. The number of hydrogen-bond donors (Lipinski definition) is 1. The number of nitrogens with zero attached hydrogens (tertiary/aromatic N) is 2. The number of methoxy groups -OCH3 is 1. The van der Waals surface area contributed by atoms with Gasteiger partial charge in [-0.05, 0) is 75.1 Å². The average molecular weight is 444 g/mol. The van der Waals surface area contributed by atoms with Crippen LogP contribution in [0.2, 0.25) is 5.02 Å². The van der Waals surface area contributed by atoms with E-state index in [1.807, 2.05) is 6.07 Å². The first-order valence-electron chi connectivity index (χ1n) is 10.4. The van der Waals surface area contributed by atoms with Crippen LogP contribution in [-0.2, 0) is 4.79 Å². The van der Waals surface area contributed by atoms with Gasteiger partial charge < -0.3 is 14.4 Å². The number of rotatable bonds is 7. The molecule has 1 aliphatic heterocycles. The molecule has 2 aromatic rings. The Bertz CT molecular complexity index is 957. The zero-order valence-corrected chi connectivity index (χ0v) is 19.5. The van der Waals surface area contributed by atoms with Gasteiger partial charge in [0.15, 0.2) is 6.61 Å². The number of benzene rings is 2. The van der Waals surface area contributed by atoms with E-state index in [2.05, 4.69) is 49.2 Å². The Morgan fingerprint density at radius 2 is 1.97 bits per heavy atom. The molecule has 2 aromatic carbocycles. The summed E-state index contributed by atoms with van der Waals surface area (Å²) >= 11 is 6.54. The summed E-state index contributed by atoms with van der Waals surface area (Å²) in [4.78, 5) is 14.4. The lowest BCUT2D eigenvalue weighted by Crippen LogP contribution is -2.48. The van der Waals surface area contributed by atoms with Gasteiger partial charge in [0.05, 0.1) is 18.3 Å². The number of hydrazone groups is 1. The summed E-state index contributed by atoms with van der Waals surface area (Å²) in [5, 5.41) is 4.67. The second kappa shape index (κ2) is 9.60. The summed E-state index contributed by atoms with van der Waals surface area (Å²) < 4.78 is 10.5. The molecule has 6 nitrogen and oxygen atoms in total. The van der Waals surface area contributed by atoms with Gasteiger partial charge in [0.2, 0.25) is 0 Å². The minimum Gasteiger partial charge on any atom is -0.497 e. The first kappa shape index (κ1) is 22.9. The number of carbonyl (C=O) groups is 1. The number of carbonyl (C=O) groups excluding carboxylic acids is 1. The Morgan fingerprint density at radius 3 is 2.61 bits per heavy atom. The highest BCUT2D eigenvalue weighted by Crippen LogP contribution is 2.44. The number of hydrogen-bond acceptors (Lipinski definition) is 5. The Labute approximate surface area is 189 Å². The molecule has 166 valence electrons. The van der Waals surface area contributed by atoms with E-state index in [1.54, 1.807) is 37.6 Å². The smallest absolute Gasteiger partial charge is 0.277 e. The molecular formula is C24H30ClN3O3. The molecule has 0 fully saturated rings. The van der Waals surface area contributed by atoms with Crippen LogP contribution in [-0.4, -0.2) is 37.9 Å². The molecule has 0 aliphatic carbocycles. The van der Waals surface area contributed by atoms with E-state index in [9.17, 15) is 4.79 Å². The van der Waals surface area contributed by atoms with Gasteiger partial charge in [-0.25, -0.2) is 5.43 Å². The van der Waals surface area contributed by atoms with Crippen molar-refractivity contribution in [1.82, 2.24) is 5.43 Å². The molecule has 1 amide bonds. The van der Waals surface area contributed by atoms with Crippen molar-refractivity contribution in [2.45, 2.75) is 45.6 Å². The highest BCUT2D eigenvalue weighted by Gasteiger charge is 2.35. The first-order valence-corrected chi connectivity index (χ1v) is 10.8. The van der Waals surface area contributed by atoms with Crippen LogP contribution in [0.5, 0.6) is 11.5 Å². The van der Waals surface area contributed by atoms with Gasteiger partial charge in [0.1, 0.15) is 11.5 Å². The summed E-state index contributed by atoms with van der Waals surface area (Å²) in [5.74, 6) is 1.36. The maximum atomic E-state index is 12.0. The van der Waals surface area contributed by atoms with Crippen molar-refractivity contribution in [3.05, 3.63) is 52.5 Å². The number of fused-ring (bicyclic) bond motifs is 1. The molecule has 0 bridgehead atoms. The molecular weight excluding hydrogens is 414 g/mol. The predicted octanol–water partition coefficient (Wildman–Crippen LogP) is 4.99. The van der Waals surface area contributed by atoms with Gasteiger partial charge in [-0.15, -0.1) is 0 Å². The van der Waals surface area contributed by atoms with E-state index in [0.29, 0.717) is 16.7 Å². The third-order valence-electron chi connectivity index (χ3n) is 5.64. The fraction of sp³-hybridized carbons (Fsp3) is 0.417. The van der Waals surface area contributed by atoms with Crippen molar-refractivity contribution in [3.8, 4) is 11.5 Å². The highest BCUT2D eigenvalue weighted by atomic mass is 35.5. The summed E-state index contributed by atoms with van der Waals surface area (Å²) in [6, 6.07) is 11.1. The van der Waals surface area contributed by atoms with Crippen LogP contribution >= 0.6 is 11.6 Å². The van der Waals surface area contributed by atoms with E-state index >= 15 is 0 Å². The molecule has 0 radical (unpaired) electrons. The molecule has 1 N–H and O–H groups in total. The maximum Gasteiger partial charge on any atom is 0.277 e. The van der Waals surface area contributed by atoms with Crippen LogP contribution in [0.4, 0.5) is 5.69 Å². The molecule has 3 rings (SSSR count). The Hall–Kier alpha value is -2.73. The third kappa shape index (κ3) is 5.31. The average Bonchev–Trinajstić information content (AvgIpc) is 2.73. The molecule has 0 spiro atoms. The molecule has 1 atom stereocenters. The van der Waals surface area contributed by atoms with Gasteiger partial charge in [-0.1, -0.05) is 18.5 Å². The normalized spacial score (nSPS) is 17.4. The molecule has 0 saturated carbocycles. The largest absolute Gasteiger partial charge is 0.497 e. The van der Waals surface area contributed by atoms with Gasteiger partial charge in [0, 0.05) is 23.3 Å². The molecule has 7 heteroatoms. The summed E-state index contributed by atoms with van der Waals surface area (Å²) in [5.41, 5.74) is 5.77. The van der Waals surface area contributed by atoms with Crippen molar-refractivity contribution < 1.29 is 14.3 Å². The fourth-order valence-electron chi connectivity index (χ4n) is 4.25. The lowest BCUT2D eigenvalue weighted by molar-refractivity contribution is -0.123. The number of ether oxygens (including phenoxy) is 2. The Balaban J connectivity index is 1.64. The minimum atomic E-state index is -0.353. The van der Waals surface area contributed by atoms with Crippen LogP contribution < -0.4 is 19.8 Å². The standard InChI is InChI=1S/C24H30ClN3O3/c1-6-28-22-12-21(25)17(11-20(22)16(2)13-24(28,3)4)14-26-27-23(29)15-31-19-9-7-18(30-5)8-10-19/h7-12,14,16H,6,13,15H2,1-5H3,(H,27,29)/b26-14+. The third-order valence-corrected chi connectivity index (χ3v) is 5.97. The molecule has 1 unspecified atom stereocenters. The zero-order valence-electron chi connectivity index (χ0n) is 18.7. The quantitative estimate of drug-likeness (QED) is 0.483. The van der Waals surface area contributed by atoms with Crippen molar-refractivity contribution in [2.75, 3.05) is 25.2 Å². The van der Waals surface area contributed by atoms with Crippen molar-refractivity contribution in [1.29, 1.82) is 0 Å². The van der Waals surface area contributed by atoms with Gasteiger partial charge in [0.25, 0.3) is 5.91 Å². The highest BCUT2D eigenvalue weighted by molar-refractivity contribution is 6.33. The maximum absolute atomic E-state index is 12.0. The van der Waals surface area contributed by atoms with E-state index < -0.39 is 0 Å². The molecule has 1 heterocycles. The van der Waals surface area contributed by atoms with Crippen LogP contribution in [0.25, 0.3) is 0 Å². The summed E-state index contributed by atoms with van der Waals surface area (Å²) in [7, 11) is 1.59. The van der Waals surface area contributed by atoms with Gasteiger partial charge >= 0.3 is 0 Å². The van der Waals surface area contributed by atoms with E-state index in [1.165, 1.54) is 11.3 Å². The van der Waals surface area contributed by atoms with Crippen molar-refractivity contribution in [3.63, 3.8) is 0 Å². The van der Waals surface area contributed by atoms with Crippen molar-refractivity contribution >= 4 is 29.4 Å². The summed E-state index contributed by atoms with van der Waals surface area (Å²) in [6.45, 7) is 9.71. The number of amides is 1. The lowest BCUT2D eigenvalue weighted by Gasteiger charge is -2.47. The van der Waals surface area contributed by atoms with Crippen LogP contribution in [0.3, 0.4) is 0 Å². The van der Waals surface area contributed by atoms with Crippen molar-refractivity contribution in [2.24, 2.45) is 5.10 Å². The number of anilines is 1. The van der Waals surface area contributed by atoms with Gasteiger partial charge in [-0.2, -0.15) is 5.10 Å². The molecule has 0 aromatic heterocycles. The molecule has 1 aliphatic rings. The minimum absolute atomic E-state index is 0.0813. The SMILES string of the molecule is CCN1c2cc(Cl)c(/C=N/NC(=O)COc3ccc(OC)cc3)cc2C(C)CC1(C)C. The van der Waals surface area contributed by atoms with Crippen LogP contribution in [0.15, 0.2) is 41.5 Å². The summed E-state index contributed by atoms with van der Waals surface area (Å²) in [6.07, 6.45) is 2.64. The van der Waals surface area contributed by atoms with Crippen LogP contribution in [0.1, 0.15) is 51.2 Å². The molecule has 31 heavy (non-hydrogen) atoms. The van der Waals surface area contributed by atoms with E-state index in [-0.39, 0.29) is 18.1 Å². The number of nitrogens with one attached hydrogen (secondary N) is 1. The van der Waals surface area contributed by atoms with E-state index in [4.69, 9.17) is 21.1 Å². The first-order chi connectivity index (χ1) is 14.7.